The van der Waals surface area contributed by atoms with Crippen molar-refractivity contribution in [1.82, 2.24) is 9.88 Å². The smallest absolute Gasteiger partial charge is 0.266 e. The molecule has 4 rings (SSSR count). The van der Waals surface area contributed by atoms with E-state index < -0.39 is 6.10 Å². The fourth-order valence-electron chi connectivity index (χ4n) is 3.32. The largest absolute Gasteiger partial charge is 0.481 e. The predicted molar refractivity (Wildman–Crippen MR) is 112 cm³/mol. The molecule has 1 aromatic heterocycles. The van der Waals surface area contributed by atoms with Crippen LogP contribution in [0.1, 0.15) is 23.7 Å². The van der Waals surface area contributed by atoms with Crippen LogP contribution in [0.2, 0.25) is 0 Å². The maximum absolute atomic E-state index is 12.4. The van der Waals surface area contributed by atoms with Gasteiger partial charge in [-0.1, -0.05) is 42.5 Å². The van der Waals surface area contributed by atoms with E-state index in [-0.39, 0.29) is 5.91 Å². The van der Waals surface area contributed by atoms with Crippen molar-refractivity contribution in [1.29, 1.82) is 0 Å². The van der Waals surface area contributed by atoms with E-state index in [1.165, 1.54) is 22.5 Å². The minimum absolute atomic E-state index is 0.198. The molecule has 0 saturated heterocycles. The maximum atomic E-state index is 12.4. The number of nitrogens with one attached hydrogen (secondary N) is 1. The van der Waals surface area contributed by atoms with Gasteiger partial charge in [-0.2, -0.15) is 0 Å². The van der Waals surface area contributed by atoms with Crippen LogP contribution in [-0.2, 0) is 24.3 Å². The Balaban J connectivity index is 1.31. The lowest BCUT2D eigenvalue weighted by atomic mass is 10.00. The number of nitrogens with zero attached hydrogens (tertiary/aromatic N) is 2. The lowest BCUT2D eigenvalue weighted by Crippen LogP contribution is -2.30. The highest BCUT2D eigenvalue weighted by Crippen LogP contribution is 2.22. The van der Waals surface area contributed by atoms with Gasteiger partial charge in [-0.25, -0.2) is 4.98 Å². The van der Waals surface area contributed by atoms with E-state index in [9.17, 15) is 4.79 Å². The second-order valence-corrected chi connectivity index (χ2v) is 7.79. The quantitative estimate of drug-likeness (QED) is 0.685. The van der Waals surface area contributed by atoms with E-state index in [0.717, 1.165) is 31.7 Å². The first-order valence-electron chi connectivity index (χ1n) is 9.43. The standard InChI is InChI=1S/C22H23N3O2S/c1-16(27-20-9-3-2-4-10-20)21(26)24-22-23-19(15-28-22)14-25-12-11-17-7-5-6-8-18(17)13-25/h2-10,15-16H,11-14H2,1H3,(H,23,24,26)/t16-/m1/s1. The number of benzene rings is 2. The van der Waals surface area contributed by atoms with Crippen LogP contribution in [0.5, 0.6) is 5.75 Å². The average molecular weight is 394 g/mol. The summed E-state index contributed by atoms with van der Waals surface area (Å²) in [7, 11) is 0. The van der Waals surface area contributed by atoms with Gasteiger partial charge in [0, 0.05) is 25.0 Å². The fourth-order valence-corrected chi connectivity index (χ4v) is 4.02. The predicted octanol–water partition coefficient (Wildman–Crippen LogP) is 4.11. The molecule has 2 heterocycles. The van der Waals surface area contributed by atoms with Gasteiger partial charge in [0.05, 0.1) is 5.69 Å². The molecular formula is C22H23N3O2S. The number of thiazole rings is 1. The van der Waals surface area contributed by atoms with Crippen molar-refractivity contribution in [2.45, 2.75) is 32.5 Å². The molecule has 0 bridgehead atoms. The van der Waals surface area contributed by atoms with E-state index in [4.69, 9.17) is 4.74 Å². The monoisotopic (exact) mass is 393 g/mol. The first-order valence-corrected chi connectivity index (χ1v) is 10.3. The van der Waals surface area contributed by atoms with Gasteiger partial charge in [-0.15, -0.1) is 11.3 Å². The zero-order valence-corrected chi connectivity index (χ0v) is 16.6. The molecule has 0 saturated carbocycles. The van der Waals surface area contributed by atoms with Gasteiger partial charge in [-0.05, 0) is 36.6 Å². The lowest BCUT2D eigenvalue weighted by molar-refractivity contribution is -0.122. The van der Waals surface area contributed by atoms with Gasteiger partial charge in [0.2, 0.25) is 0 Å². The van der Waals surface area contributed by atoms with Crippen molar-refractivity contribution in [3.05, 3.63) is 76.8 Å². The minimum Gasteiger partial charge on any atom is -0.481 e. The molecule has 28 heavy (non-hydrogen) atoms. The van der Waals surface area contributed by atoms with Crippen molar-refractivity contribution in [2.24, 2.45) is 0 Å². The van der Waals surface area contributed by atoms with Crippen LogP contribution in [0.25, 0.3) is 0 Å². The molecule has 0 unspecified atom stereocenters. The number of hydrogen-bond acceptors (Lipinski definition) is 5. The first kappa shape index (κ1) is 18.7. The molecule has 0 fully saturated rings. The molecule has 5 nitrogen and oxygen atoms in total. The summed E-state index contributed by atoms with van der Waals surface area (Å²) < 4.78 is 5.67. The molecule has 144 valence electrons. The Kier molecular flexibility index (Phi) is 5.69. The topological polar surface area (TPSA) is 54.5 Å². The van der Waals surface area contributed by atoms with Gasteiger partial charge >= 0.3 is 0 Å². The second kappa shape index (κ2) is 8.54. The fraction of sp³-hybridized carbons (Fsp3) is 0.273. The third kappa shape index (κ3) is 4.58. The van der Waals surface area contributed by atoms with Gasteiger partial charge in [0.25, 0.3) is 5.91 Å². The number of carbonyl (C=O) groups excluding carboxylic acids is 1. The summed E-state index contributed by atoms with van der Waals surface area (Å²) in [5.74, 6) is 0.479. The molecule has 1 N–H and O–H groups in total. The Morgan fingerprint density at radius 1 is 1.18 bits per heavy atom. The highest BCUT2D eigenvalue weighted by Gasteiger charge is 2.19. The second-order valence-electron chi connectivity index (χ2n) is 6.94. The van der Waals surface area contributed by atoms with Gasteiger partial charge < -0.3 is 4.74 Å². The summed E-state index contributed by atoms with van der Waals surface area (Å²) in [4.78, 5) is 19.3. The number of hydrogen-bond donors (Lipinski definition) is 1. The summed E-state index contributed by atoms with van der Waals surface area (Å²) in [6, 6.07) is 18.0. The number of fused-ring (bicyclic) bond motifs is 1. The summed E-state index contributed by atoms with van der Waals surface area (Å²) in [5, 5.41) is 5.48. The number of para-hydroxylation sites is 1. The summed E-state index contributed by atoms with van der Waals surface area (Å²) in [6.45, 7) is 4.49. The minimum atomic E-state index is -0.589. The molecule has 2 aromatic carbocycles. The maximum Gasteiger partial charge on any atom is 0.266 e. The van der Waals surface area contributed by atoms with Crippen molar-refractivity contribution >= 4 is 22.4 Å². The van der Waals surface area contributed by atoms with Gasteiger partial charge in [-0.3, -0.25) is 15.0 Å². The SMILES string of the molecule is C[C@@H](Oc1ccccc1)C(=O)Nc1nc(CN2CCc3ccccc3C2)cs1. The molecule has 1 aliphatic rings. The summed E-state index contributed by atoms with van der Waals surface area (Å²) in [5.41, 5.74) is 3.82. The van der Waals surface area contributed by atoms with Gasteiger partial charge in [0.1, 0.15) is 5.75 Å². The van der Waals surface area contributed by atoms with Crippen molar-refractivity contribution in [3.8, 4) is 5.75 Å². The van der Waals surface area contributed by atoms with E-state index in [1.807, 2.05) is 35.7 Å². The third-order valence-corrected chi connectivity index (χ3v) is 5.61. The van der Waals surface area contributed by atoms with Crippen LogP contribution >= 0.6 is 11.3 Å². The molecule has 0 radical (unpaired) electrons. The van der Waals surface area contributed by atoms with E-state index in [2.05, 4.69) is 39.5 Å². The van der Waals surface area contributed by atoms with Crippen LogP contribution in [0, 0.1) is 0 Å². The number of ether oxygens (including phenoxy) is 1. The molecule has 0 aliphatic carbocycles. The van der Waals surface area contributed by atoms with E-state index in [1.54, 1.807) is 6.92 Å². The Morgan fingerprint density at radius 2 is 1.93 bits per heavy atom. The van der Waals surface area contributed by atoms with Gasteiger partial charge in [0.15, 0.2) is 11.2 Å². The molecule has 6 heteroatoms. The Morgan fingerprint density at radius 3 is 2.75 bits per heavy atom. The highest BCUT2D eigenvalue weighted by atomic mass is 32.1. The number of carbonyl (C=O) groups is 1. The van der Waals surface area contributed by atoms with Crippen LogP contribution < -0.4 is 10.1 Å². The lowest BCUT2D eigenvalue weighted by Gasteiger charge is -2.27. The zero-order chi connectivity index (χ0) is 19.3. The number of rotatable bonds is 6. The van der Waals surface area contributed by atoms with Crippen LogP contribution in [0.15, 0.2) is 60.0 Å². The molecule has 1 atom stereocenters. The van der Waals surface area contributed by atoms with Crippen molar-refractivity contribution in [3.63, 3.8) is 0 Å². The Bertz CT molecular complexity index is 942. The number of aromatic nitrogens is 1. The van der Waals surface area contributed by atoms with Crippen LogP contribution in [-0.4, -0.2) is 28.4 Å². The number of anilines is 1. The van der Waals surface area contributed by atoms with Crippen molar-refractivity contribution in [2.75, 3.05) is 11.9 Å². The van der Waals surface area contributed by atoms with Crippen LogP contribution in [0.4, 0.5) is 5.13 Å². The molecule has 1 aliphatic heterocycles. The van der Waals surface area contributed by atoms with Crippen LogP contribution in [0.3, 0.4) is 0 Å². The molecular weight excluding hydrogens is 370 g/mol. The third-order valence-electron chi connectivity index (χ3n) is 4.80. The van der Waals surface area contributed by atoms with E-state index in [0.29, 0.717) is 10.9 Å². The molecule has 1 amide bonds. The highest BCUT2D eigenvalue weighted by molar-refractivity contribution is 7.13. The Hall–Kier alpha value is -2.70. The average Bonchev–Trinajstić information content (AvgIpc) is 3.15. The number of amides is 1. The zero-order valence-electron chi connectivity index (χ0n) is 15.8. The normalized spacial score (nSPS) is 14.9. The molecule has 0 spiro atoms. The first-order chi connectivity index (χ1) is 13.7. The Labute approximate surface area is 169 Å². The van der Waals surface area contributed by atoms with Crippen molar-refractivity contribution < 1.29 is 9.53 Å². The summed E-state index contributed by atoms with van der Waals surface area (Å²) >= 11 is 1.45. The summed E-state index contributed by atoms with van der Waals surface area (Å²) in [6.07, 6.45) is 0.478. The van der Waals surface area contributed by atoms with E-state index >= 15 is 0 Å². The molecule has 3 aromatic rings.